The lowest BCUT2D eigenvalue weighted by atomic mass is 9.93. The fraction of sp³-hybridized carbons (Fsp3) is 0.429. The van der Waals surface area contributed by atoms with Gasteiger partial charge < -0.3 is 25.2 Å². The van der Waals surface area contributed by atoms with Gasteiger partial charge in [0.25, 0.3) is 11.8 Å². The van der Waals surface area contributed by atoms with E-state index in [0.29, 0.717) is 4.90 Å². The summed E-state index contributed by atoms with van der Waals surface area (Å²) in [7, 11) is 0. The normalized spacial score (nSPS) is 37.2. The molecule has 1 unspecified atom stereocenters. The molecule has 2 heterocycles. The summed E-state index contributed by atoms with van der Waals surface area (Å²) in [6.45, 7) is -0.613. The molecular formula is C14H14BrNO7. The highest BCUT2D eigenvalue weighted by Gasteiger charge is 2.62. The molecule has 1 aromatic carbocycles. The maximum absolute atomic E-state index is 12.5. The maximum Gasteiger partial charge on any atom is 0.264 e. The van der Waals surface area contributed by atoms with Gasteiger partial charge in [0.05, 0.1) is 17.7 Å². The van der Waals surface area contributed by atoms with Gasteiger partial charge in [0, 0.05) is 0 Å². The average molecular weight is 388 g/mol. The van der Waals surface area contributed by atoms with Crippen molar-refractivity contribution in [2.24, 2.45) is 0 Å². The Morgan fingerprint density at radius 1 is 1.17 bits per heavy atom. The summed E-state index contributed by atoms with van der Waals surface area (Å²) in [6, 6.07) is 5.97. The molecule has 2 amide bonds. The molecule has 0 radical (unpaired) electrons. The van der Waals surface area contributed by atoms with Crippen LogP contribution in [0.3, 0.4) is 0 Å². The number of ether oxygens (including phenoxy) is 1. The minimum atomic E-state index is -2.53. The van der Waals surface area contributed by atoms with Gasteiger partial charge in [0.15, 0.2) is 5.01 Å². The Kier molecular flexibility index (Phi) is 4.03. The summed E-state index contributed by atoms with van der Waals surface area (Å²) < 4.78 is 5.20. The van der Waals surface area contributed by atoms with Gasteiger partial charge >= 0.3 is 0 Å². The van der Waals surface area contributed by atoms with E-state index in [0.717, 1.165) is 0 Å². The van der Waals surface area contributed by atoms with E-state index < -0.39 is 47.5 Å². The lowest BCUT2D eigenvalue weighted by molar-refractivity contribution is -0.279. The topological polar surface area (TPSA) is 128 Å². The molecule has 23 heavy (non-hydrogen) atoms. The SMILES string of the molecule is O=C1c2ccccc2C(=O)N1[C@]1(O)C(Br)O[C@H](CO)[C@@H](O)[C@@H]1O. The van der Waals surface area contributed by atoms with E-state index in [-0.39, 0.29) is 11.1 Å². The Morgan fingerprint density at radius 3 is 2.17 bits per heavy atom. The first-order chi connectivity index (χ1) is 10.8. The highest BCUT2D eigenvalue weighted by molar-refractivity contribution is 9.09. The van der Waals surface area contributed by atoms with E-state index >= 15 is 0 Å². The molecule has 8 nitrogen and oxygen atoms in total. The van der Waals surface area contributed by atoms with E-state index in [9.17, 15) is 24.9 Å². The fourth-order valence-electron chi connectivity index (χ4n) is 2.82. The van der Waals surface area contributed by atoms with Crippen LogP contribution in [-0.2, 0) is 4.74 Å². The summed E-state index contributed by atoms with van der Waals surface area (Å²) in [5, 5.41) is 38.8. The number of hydrogen-bond donors (Lipinski definition) is 4. The number of alkyl halides is 1. The molecule has 0 spiro atoms. The van der Waals surface area contributed by atoms with Crippen molar-refractivity contribution in [2.45, 2.75) is 29.1 Å². The molecule has 9 heteroatoms. The number of carbonyl (C=O) groups is 2. The molecule has 5 atom stereocenters. The van der Waals surface area contributed by atoms with Crippen molar-refractivity contribution in [1.82, 2.24) is 4.90 Å². The number of aliphatic hydroxyl groups excluding tert-OH is 3. The first kappa shape index (κ1) is 16.5. The van der Waals surface area contributed by atoms with Crippen LogP contribution >= 0.6 is 15.9 Å². The zero-order chi connectivity index (χ0) is 16.9. The first-order valence-corrected chi connectivity index (χ1v) is 7.72. The Balaban J connectivity index is 2.04. The number of amides is 2. The number of imide groups is 1. The van der Waals surface area contributed by atoms with Crippen LogP contribution < -0.4 is 0 Å². The molecule has 4 N–H and O–H groups in total. The highest BCUT2D eigenvalue weighted by Crippen LogP contribution is 2.40. The van der Waals surface area contributed by atoms with Crippen LogP contribution in [0.4, 0.5) is 0 Å². The number of benzene rings is 1. The van der Waals surface area contributed by atoms with Crippen LogP contribution in [0.15, 0.2) is 24.3 Å². The average Bonchev–Trinajstić information content (AvgIpc) is 2.81. The quantitative estimate of drug-likeness (QED) is 0.370. The zero-order valence-electron chi connectivity index (χ0n) is 11.7. The van der Waals surface area contributed by atoms with Crippen LogP contribution in [0.1, 0.15) is 20.7 Å². The molecule has 2 aliphatic rings. The van der Waals surface area contributed by atoms with Crippen molar-refractivity contribution >= 4 is 27.7 Å². The number of hydrogen-bond acceptors (Lipinski definition) is 7. The van der Waals surface area contributed by atoms with Gasteiger partial charge in [-0.25, -0.2) is 4.90 Å². The van der Waals surface area contributed by atoms with Gasteiger partial charge in [-0.2, -0.15) is 0 Å². The minimum absolute atomic E-state index is 0.0802. The van der Waals surface area contributed by atoms with Gasteiger partial charge in [-0.3, -0.25) is 9.59 Å². The third-order valence-corrected chi connectivity index (χ3v) is 4.99. The summed E-state index contributed by atoms with van der Waals surface area (Å²) in [5.74, 6) is -1.62. The molecule has 124 valence electrons. The molecular weight excluding hydrogens is 374 g/mol. The van der Waals surface area contributed by atoms with E-state index in [2.05, 4.69) is 15.9 Å². The molecule has 1 saturated heterocycles. The smallest absolute Gasteiger partial charge is 0.264 e. The Bertz CT molecular complexity index is 633. The predicted molar refractivity (Wildman–Crippen MR) is 78.6 cm³/mol. The number of fused-ring (bicyclic) bond motifs is 1. The lowest BCUT2D eigenvalue weighted by Gasteiger charge is -2.49. The van der Waals surface area contributed by atoms with Crippen LogP contribution in [0.2, 0.25) is 0 Å². The van der Waals surface area contributed by atoms with Gasteiger partial charge in [-0.15, -0.1) is 0 Å². The molecule has 1 fully saturated rings. The van der Waals surface area contributed by atoms with Crippen molar-refractivity contribution in [2.75, 3.05) is 6.61 Å². The maximum atomic E-state index is 12.5. The van der Waals surface area contributed by atoms with Crippen molar-refractivity contribution in [3.63, 3.8) is 0 Å². The molecule has 2 aliphatic heterocycles. The second kappa shape index (κ2) is 5.62. The summed E-state index contributed by atoms with van der Waals surface area (Å²) in [6.07, 6.45) is -4.80. The highest BCUT2D eigenvalue weighted by atomic mass is 79.9. The van der Waals surface area contributed by atoms with Crippen LogP contribution in [0.5, 0.6) is 0 Å². The second-order valence-electron chi connectivity index (χ2n) is 5.38. The van der Waals surface area contributed by atoms with Crippen molar-refractivity contribution in [3.8, 4) is 0 Å². The number of halogens is 1. The number of aliphatic hydroxyl groups is 4. The summed E-state index contributed by atoms with van der Waals surface area (Å²) >= 11 is 2.97. The first-order valence-electron chi connectivity index (χ1n) is 6.80. The van der Waals surface area contributed by atoms with Gasteiger partial charge in [0.2, 0.25) is 5.72 Å². The largest absolute Gasteiger partial charge is 0.394 e. The standard InChI is InChI=1S/C14H14BrNO7/c15-13-14(22,10(19)9(18)8(5-17)23-13)16-11(20)6-3-1-2-4-7(6)12(16)21/h1-4,8-10,13,17-19,22H,5H2/t8-,9-,10+,13?,14-/m1/s1. The lowest BCUT2D eigenvalue weighted by Crippen LogP contribution is -2.72. The minimum Gasteiger partial charge on any atom is -0.394 e. The van der Waals surface area contributed by atoms with Crippen LogP contribution in [0, 0.1) is 0 Å². The van der Waals surface area contributed by atoms with E-state index in [1.807, 2.05) is 0 Å². The molecule has 0 aliphatic carbocycles. The number of nitrogens with zero attached hydrogens (tertiary/aromatic N) is 1. The van der Waals surface area contributed by atoms with Gasteiger partial charge in [0.1, 0.15) is 18.3 Å². The van der Waals surface area contributed by atoms with Gasteiger partial charge in [-0.05, 0) is 12.1 Å². The third kappa shape index (κ3) is 2.16. The van der Waals surface area contributed by atoms with E-state index in [4.69, 9.17) is 9.84 Å². The van der Waals surface area contributed by atoms with Crippen LogP contribution in [-0.4, -0.2) is 72.8 Å². The zero-order valence-corrected chi connectivity index (χ0v) is 13.3. The van der Waals surface area contributed by atoms with E-state index in [1.54, 1.807) is 12.1 Å². The van der Waals surface area contributed by atoms with Crippen molar-refractivity contribution in [1.29, 1.82) is 0 Å². The molecule has 0 saturated carbocycles. The van der Waals surface area contributed by atoms with E-state index in [1.165, 1.54) is 12.1 Å². The van der Waals surface area contributed by atoms with Crippen LogP contribution in [0.25, 0.3) is 0 Å². The van der Waals surface area contributed by atoms with Gasteiger partial charge in [-0.1, -0.05) is 28.1 Å². The third-order valence-electron chi connectivity index (χ3n) is 4.10. The molecule has 3 rings (SSSR count). The van der Waals surface area contributed by atoms with Crippen molar-refractivity contribution in [3.05, 3.63) is 35.4 Å². The molecule has 0 bridgehead atoms. The molecule has 0 aromatic heterocycles. The fourth-order valence-corrected chi connectivity index (χ4v) is 3.58. The summed E-state index contributed by atoms with van der Waals surface area (Å²) in [5.41, 5.74) is -2.37. The van der Waals surface area contributed by atoms with Crippen molar-refractivity contribution < 1.29 is 34.8 Å². The Hall–Kier alpha value is -1.36. The monoisotopic (exact) mass is 387 g/mol. The summed E-state index contributed by atoms with van der Waals surface area (Å²) in [4.78, 5) is 25.4. The number of rotatable bonds is 2. The predicted octanol–water partition coefficient (Wildman–Crippen LogP) is -1.19. The Labute approximate surface area is 139 Å². The molecule has 1 aromatic rings. The Morgan fingerprint density at radius 2 is 1.70 bits per heavy atom. The number of carbonyl (C=O) groups excluding carboxylic acids is 2. The second-order valence-corrected chi connectivity index (χ2v) is 6.21.